The van der Waals surface area contributed by atoms with Crippen LogP contribution in [0.15, 0.2) is 18.2 Å². The van der Waals surface area contributed by atoms with Crippen LogP contribution in [0.3, 0.4) is 0 Å². The summed E-state index contributed by atoms with van der Waals surface area (Å²) >= 11 is 0. The smallest absolute Gasteiger partial charge is 0.309 e. The molecule has 0 unspecified atom stereocenters. The van der Waals surface area contributed by atoms with Gasteiger partial charge in [0.2, 0.25) is 0 Å². The molecule has 2 aliphatic heterocycles. The number of ether oxygens (including phenoxy) is 1. The van der Waals surface area contributed by atoms with Crippen LogP contribution in [0.1, 0.15) is 31.0 Å². The van der Waals surface area contributed by atoms with Crippen molar-refractivity contribution in [3.05, 3.63) is 29.3 Å². The highest BCUT2D eigenvalue weighted by molar-refractivity contribution is 6.35. The Morgan fingerprint density at radius 3 is 2.59 bits per heavy atom. The molecule has 0 aromatic heterocycles. The molecule has 2 amide bonds. The van der Waals surface area contributed by atoms with Gasteiger partial charge in [0.15, 0.2) is 0 Å². The monoisotopic (exact) mass is 374 g/mol. The number of carbonyl (C=O) groups excluding carboxylic acids is 2. The van der Waals surface area contributed by atoms with E-state index in [0.717, 1.165) is 26.1 Å². The van der Waals surface area contributed by atoms with Gasteiger partial charge in [0, 0.05) is 45.0 Å². The third kappa shape index (κ3) is 4.78. The zero-order valence-electron chi connectivity index (χ0n) is 16.5. The second-order valence-electron chi connectivity index (χ2n) is 7.56. The summed E-state index contributed by atoms with van der Waals surface area (Å²) in [6.45, 7) is 8.11. The third-order valence-corrected chi connectivity index (χ3v) is 5.18. The van der Waals surface area contributed by atoms with E-state index >= 15 is 0 Å². The summed E-state index contributed by atoms with van der Waals surface area (Å²) in [5.41, 5.74) is 3.80. The van der Waals surface area contributed by atoms with Crippen LogP contribution >= 0.6 is 0 Å². The van der Waals surface area contributed by atoms with Gasteiger partial charge in [-0.25, -0.2) is 0 Å². The van der Waals surface area contributed by atoms with Crippen LogP contribution in [0, 0.1) is 0 Å². The molecule has 0 bridgehead atoms. The van der Waals surface area contributed by atoms with Crippen molar-refractivity contribution >= 4 is 17.5 Å². The number of fused-ring (bicyclic) bond motifs is 1. The molecular formula is C20H30N4O3. The molecular weight excluding hydrogens is 344 g/mol. The molecule has 3 rings (SSSR count). The summed E-state index contributed by atoms with van der Waals surface area (Å²) in [7, 11) is 2.11. The molecule has 7 nitrogen and oxygen atoms in total. The van der Waals surface area contributed by atoms with Crippen molar-refractivity contribution in [3.8, 4) is 0 Å². The molecule has 0 radical (unpaired) electrons. The third-order valence-electron chi connectivity index (χ3n) is 5.18. The zero-order chi connectivity index (χ0) is 19.4. The topological polar surface area (TPSA) is 73.9 Å². The summed E-state index contributed by atoms with van der Waals surface area (Å²) in [5, 5.41) is 5.45. The predicted molar refractivity (Wildman–Crippen MR) is 105 cm³/mol. The van der Waals surface area contributed by atoms with E-state index in [1.165, 1.54) is 16.8 Å². The maximum absolute atomic E-state index is 12.2. The van der Waals surface area contributed by atoms with Crippen LogP contribution < -0.4 is 15.5 Å². The van der Waals surface area contributed by atoms with E-state index < -0.39 is 11.8 Å². The van der Waals surface area contributed by atoms with Crippen LogP contribution in [0.4, 0.5) is 5.69 Å². The maximum atomic E-state index is 12.2. The van der Waals surface area contributed by atoms with Gasteiger partial charge in [0.05, 0.1) is 19.3 Å². The Morgan fingerprint density at radius 2 is 1.89 bits per heavy atom. The van der Waals surface area contributed by atoms with Gasteiger partial charge in [-0.2, -0.15) is 0 Å². The van der Waals surface area contributed by atoms with Gasteiger partial charge >= 0.3 is 11.8 Å². The molecule has 0 saturated carbocycles. The Hall–Kier alpha value is -2.12. The molecule has 1 saturated heterocycles. The molecule has 1 fully saturated rings. The predicted octanol–water partition coefficient (Wildman–Crippen LogP) is 0.693. The zero-order valence-corrected chi connectivity index (χ0v) is 16.5. The SMILES string of the molecule is CC(C)NC(=O)C(=O)NC[C@@H](c1ccc2c(c1)CCN2C)N1CCOCC1. The highest BCUT2D eigenvalue weighted by Crippen LogP contribution is 2.31. The summed E-state index contributed by atoms with van der Waals surface area (Å²) in [6.07, 6.45) is 1.04. The Bertz CT molecular complexity index is 686. The number of nitrogens with zero attached hydrogens (tertiary/aromatic N) is 2. The van der Waals surface area contributed by atoms with Gasteiger partial charge < -0.3 is 20.3 Å². The summed E-state index contributed by atoms with van der Waals surface area (Å²) in [5.74, 6) is -1.16. The number of carbonyl (C=O) groups is 2. The number of nitrogens with one attached hydrogen (secondary N) is 2. The number of hydrogen-bond acceptors (Lipinski definition) is 5. The largest absolute Gasteiger partial charge is 0.379 e. The normalized spacial score (nSPS) is 18.3. The Kier molecular flexibility index (Phi) is 6.34. The molecule has 2 aliphatic rings. The molecule has 27 heavy (non-hydrogen) atoms. The van der Waals surface area contributed by atoms with Crippen molar-refractivity contribution in [3.63, 3.8) is 0 Å². The van der Waals surface area contributed by atoms with Crippen LogP contribution in [0.5, 0.6) is 0 Å². The average Bonchev–Trinajstić information content (AvgIpc) is 3.02. The van der Waals surface area contributed by atoms with Crippen molar-refractivity contribution in [1.82, 2.24) is 15.5 Å². The van der Waals surface area contributed by atoms with Gasteiger partial charge in [-0.05, 0) is 37.5 Å². The Balaban J connectivity index is 1.73. The first kappa shape index (κ1) is 19.6. The fourth-order valence-corrected chi connectivity index (χ4v) is 3.74. The number of amides is 2. The Labute approximate surface area is 161 Å². The van der Waals surface area contributed by atoms with E-state index in [-0.39, 0.29) is 12.1 Å². The maximum Gasteiger partial charge on any atom is 0.309 e. The lowest BCUT2D eigenvalue weighted by Gasteiger charge is -2.35. The van der Waals surface area contributed by atoms with Crippen molar-refractivity contribution in [2.75, 3.05) is 51.3 Å². The number of rotatable bonds is 5. The lowest BCUT2D eigenvalue weighted by Crippen LogP contribution is -2.47. The summed E-state index contributed by atoms with van der Waals surface area (Å²) in [4.78, 5) is 28.6. The molecule has 1 atom stereocenters. The summed E-state index contributed by atoms with van der Waals surface area (Å²) in [6, 6.07) is 6.52. The minimum absolute atomic E-state index is 0.0286. The lowest BCUT2D eigenvalue weighted by atomic mass is 10.0. The van der Waals surface area contributed by atoms with E-state index in [4.69, 9.17) is 4.74 Å². The van der Waals surface area contributed by atoms with Crippen molar-refractivity contribution in [2.24, 2.45) is 0 Å². The van der Waals surface area contributed by atoms with Gasteiger partial charge in [-0.3, -0.25) is 14.5 Å². The average molecular weight is 374 g/mol. The van der Waals surface area contributed by atoms with E-state index in [0.29, 0.717) is 19.8 Å². The molecule has 1 aromatic rings. The number of likely N-dealkylation sites (N-methyl/N-ethyl adjacent to an activating group) is 1. The van der Waals surface area contributed by atoms with Gasteiger partial charge in [-0.15, -0.1) is 0 Å². The first-order valence-electron chi connectivity index (χ1n) is 9.70. The van der Waals surface area contributed by atoms with E-state index in [1.54, 1.807) is 0 Å². The molecule has 2 heterocycles. The second-order valence-corrected chi connectivity index (χ2v) is 7.56. The van der Waals surface area contributed by atoms with Crippen molar-refractivity contribution in [2.45, 2.75) is 32.4 Å². The molecule has 0 spiro atoms. The molecule has 148 valence electrons. The van der Waals surface area contributed by atoms with Crippen molar-refractivity contribution in [1.29, 1.82) is 0 Å². The highest BCUT2D eigenvalue weighted by Gasteiger charge is 2.26. The highest BCUT2D eigenvalue weighted by atomic mass is 16.5. The standard InChI is InChI=1S/C20H30N4O3/c1-14(2)22-20(26)19(25)21-13-18(24-8-10-27-11-9-24)15-4-5-17-16(12-15)6-7-23(17)3/h4-5,12,14,18H,6-11,13H2,1-3H3,(H,21,25)(H,22,26)/t18-/m0/s1. The fraction of sp³-hybridized carbons (Fsp3) is 0.600. The lowest BCUT2D eigenvalue weighted by molar-refractivity contribution is -0.139. The minimum atomic E-state index is -0.582. The Morgan fingerprint density at radius 1 is 1.15 bits per heavy atom. The number of hydrogen-bond donors (Lipinski definition) is 2. The van der Waals surface area contributed by atoms with Crippen LogP contribution in [0.2, 0.25) is 0 Å². The van der Waals surface area contributed by atoms with Gasteiger partial charge in [0.25, 0.3) is 0 Å². The molecule has 1 aromatic carbocycles. The van der Waals surface area contributed by atoms with E-state index in [9.17, 15) is 9.59 Å². The van der Waals surface area contributed by atoms with Gasteiger partial charge in [-0.1, -0.05) is 12.1 Å². The molecule has 0 aliphatic carbocycles. The van der Waals surface area contributed by atoms with Crippen LogP contribution in [0.25, 0.3) is 0 Å². The van der Waals surface area contributed by atoms with E-state index in [1.807, 2.05) is 13.8 Å². The van der Waals surface area contributed by atoms with E-state index in [2.05, 4.69) is 45.7 Å². The van der Waals surface area contributed by atoms with Gasteiger partial charge in [0.1, 0.15) is 0 Å². The quantitative estimate of drug-likeness (QED) is 0.742. The molecule has 7 heteroatoms. The molecule has 2 N–H and O–H groups in total. The summed E-state index contributed by atoms with van der Waals surface area (Å²) < 4.78 is 5.48. The van der Waals surface area contributed by atoms with Crippen LogP contribution in [-0.4, -0.2) is 69.2 Å². The first-order chi connectivity index (χ1) is 13.0. The number of anilines is 1. The fourth-order valence-electron chi connectivity index (χ4n) is 3.74. The number of morpholine rings is 1. The first-order valence-corrected chi connectivity index (χ1v) is 9.70. The van der Waals surface area contributed by atoms with Crippen LogP contribution in [-0.2, 0) is 20.7 Å². The van der Waals surface area contributed by atoms with Crippen molar-refractivity contribution < 1.29 is 14.3 Å². The second kappa shape index (κ2) is 8.71. The number of benzene rings is 1. The minimum Gasteiger partial charge on any atom is -0.379 e.